The van der Waals surface area contributed by atoms with E-state index >= 15 is 0 Å². The van der Waals surface area contributed by atoms with Crippen LogP contribution in [0.15, 0.2) is 48.8 Å². The molecule has 1 heterocycles. The van der Waals surface area contributed by atoms with Crippen molar-refractivity contribution >= 4 is 11.6 Å². The van der Waals surface area contributed by atoms with E-state index in [9.17, 15) is 20.0 Å². The predicted octanol–water partition coefficient (Wildman–Crippen LogP) is 1.45. The monoisotopic (exact) mass is 287 g/mol. The second-order valence-corrected chi connectivity index (χ2v) is 4.32. The molecular weight excluding hydrogens is 274 g/mol. The summed E-state index contributed by atoms with van der Waals surface area (Å²) < 4.78 is 0. The van der Waals surface area contributed by atoms with Crippen LogP contribution in [0.25, 0.3) is 0 Å². The quantitative estimate of drug-likeness (QED) is 0.639. The van der Waals surface area contributed by atoms with E-state index in [0.717, 1.165) is 0 Å². The molecule has 1 aromatic carbocycles. The predicted molar refractivity (Wildman–Crippen MR) is 74.6 cm³/mol. The van der Waals surface area contributed by atoms with Crippen LogP contribution in [-0.4, -0.2) is 27.5 Å². The fourth-order valence-corrected chi connectivity index (χ4v) is 1.72. The number of aliphatic hydroxyl groups is 1. The Morgan fingerprint density at radius 1 is 1.33 bits per heavy atom. The number of benzene rings is 1. The number of pyridine rings is 1. The number of aliphatic hydroxyl groups excluding tert-OH is 1. The molecule has 1 aromatic heterocycles. The maximum atomic E-state index is 11.9. The molecule has 0 saturated heterocycles. The summed E-state index contributed by atoms with van der Waals surface area (Å²) in [6, 6.07) is 8.64. The van der Waals surface area contributed by atoms with Gasteiger partial charge in [-0.15, -0.1) is 0 Å². The average Bonchev–Trinajstić information content (AvgIpc) is 2.53. The Hall–Kier alpha value is -2.80. The van der Waals surface area contributed by atoms with Crippen LogP contribution < -0.4 is 5.32 Å². The Labute approximate surface area is 120 Å². The Bertz CT molecular complexity index is 628. The van der Waals surface area contributed by atoms with Crippen molar-refractivity contribution in [2.45, 2.75) is 6.10 Å². The van der Waals surface area contributed by atoms with Crippen molar-refractivity contribution in [3.05, 3.63) is 70.0 Å². The zero-order valence-electron chi connectivity index (χ0n) is 11.0. The molecular formula is C14H13N3O4. The summed E-state index contributed by atoms with van der Waals surface area (Å²) in [5, 5.41) is 23.0. The summed E-state index contributed by atoms with van der Waals surface area (Å²) in [6.45, 7) is 0.0293. The van der Waals surface area contributed by atoms with E-state index < -0.39 is 16.9 Å². The van der Waals surface area contributed by atoms with Gasteiger partial charge in [0.2, 0.25) is 0 Å². The number of aromatic nitrogens is 1. The number of nitrogens with one attached hydrogen (secondary N) is 1. The molecule has 108 valence electrons. The number of hydrogen-bond acceptors (Lipinski definition) is 5. The molecule has 2 rings (SSSR count). The van der Waals surface area contributed by atoms with Crippen LogP contribution in [0.4, 0.5) is 5.69 Å². The molecule has 7 nitrogen and oxygen atoms in total. The Morgan fingerprint density at radius 3 is 2.62 bits per heavy atom. The lowest BCUT2D eigenvalue weighted by molar-refractivity contribution is -0.384. The first kappa shape index (κ1) is 14.6. The van der Waals surface area contributed by atoms with Gasteiger partial charge in [-0.1, -0.05) is 6.07 Å². The van der Waals surface area contributed by atoms with Crippen molar-refractivity contribution < 1.29 is 14.8 Å². The lowest BCUT2D eigenvalue weighted by Gasteiger charge is -2.11. The summed E-state index contributed by atoms with van der Waals surface area (Å²) in [5.74, 6) is -0.409. The molecule has 0 spiro atoms. The number of amides is 1. The van der Waals surface area contributed by atoms with E-state index in [1.807, 2.05) is 0 Å². The van der Waals surface area contributed by atoms with Crippen LogP contribution in [0.5, 0.6) is 0 Å². The molecule has 0 unspecified atom stereocenters. The van der Waals surface area contributed by atoms with Crippen LogP contribution in [0.2, 0.25) is 0 Å². The number of non-ortho nitro benzene ring substituents is 1. The first-order valence-corrected chi connectivity index (χ1v) is 6.18. The molecule has 7 heteroatoms. The molecule has 0 aliphatic heterocycles. The standard InChI is InChI=1S/C14H13N3O4/c18-13(11-2-1-7-15-8-11)9-16-14(19)10-3-5-12(6-4-10)17(20)21/h1-8,13,18H,9H2,(H,16,19)/t13-/m0/s1. The molecule has 21 heavy (non-hydrogen) atoms. The maximum Gasteiger partial charge on any atom is 0.269 e. The van der Waals surface area contributed by atoms with Crippen LogP contribution in [0, 0.1) is 10.1 Å². The van der Waals surface area contributed by atoms with Gasteiger partial charge in [-0.2, -0.15) is 0 Å². The van der Waals surface area contributed by atoms with Crippen LogP contribution in [0.3, 0.4) is 0 Å². The maximum absolute atomic E-state index is 11.9. The highest BCUT2D eigenvalue weighted by molar-refractivity contribution is 5.94. The van der Waals surface area contributed by atoms with Gasteiger partial charge in [0.1, 0.15) is 0 Å². The smallest absolute Gasteiger partial charge is 0.269 e. The van der Waals surface area contributed by atoms with Gasteiger partial charge in [0.15, 0.2) is 0 Å². The van der Waals surface area contributed by atoms with Crippen molar-refractivity contribution in [1.82, 2.24) is 10.3 Å². The SMILES string of the molecule is O=C(NC[C@H](O)c1cccnc1)c1ccc([N+](=O)[O-])cc1. The summed E-state index contributed by atoms with van der Waals surface area (Å²) in [6.07, 6.45) is 2.25. The molecule has 1 amide bonds. The minimum Gasteiger partial charge on any atom is -0.387 e. The third-order valence-electron chi connectivity index (χ3n) is 2.87. The lowest BCUT2D eigenvalue weighted by Crippen LogP contribution is -2.28. The summed E-state index contributed by atoms with van der Waals surface area (Å²) in [5.41, 5.74) is 0.808. The van der Waals surface area contributed by atoms with Crippen LogP contribution in [-0.2, 0) is 0 Å². The first-order chi connectivity index (χ1) is 10.1. The first-order valence-electron chi connectivity index (χ1n) is 6.18. The van der Waals surface area contributed by atoms with E-state index in [1.54, 1.807) is 18.3 Å². The topological polar surface area (TPSA) is 105 Å². The van der Waals surface area contributed by atoms with Gasteiger partial charge < -0.3 is 10.4 Å². The Morgan fingerprint density at radius 2 is 2.05 bits per heavy atom. The van der Waals surface area contributed by atoms with Crippen molar-refractivity contribution in [2.75, 3.05) is 6.54 Å². The van der Waals surface area contributed by atoms with Crippen molar-refractivity contribution in [2.24, 2.45) is 0 Å². The van der Waals surface area contributed by atoms with Gasteiger partial charge in [0.25, 0.3) is 11.6 Å². The van der Waals surface area contributed by atoms with E-state index in [-0.39, 0.29) is 12.2 Å². The molecule has 0 aliphatic carbocycles. The Kier molecular flexibility index (Phi) is 4.57. The van der Waals surface area contributed by atoms with Gasteiger partial charge in [-0.25, -0.2) is 0 Å². The highest BCUT2D eigenvalue weighted by atomic mass is 16.6. The zero-order chi connectivity index (χ0) is 15.2. The van der Waals surface area contributed by atoms with Gasteiger partial charge in [0, 0.05) is 42.2 Å². The number of carbonyl (C=O) groups is 1. The molecule has 2 N–H and O–H groups in total. The number of nitro groups is 1. The summed E-state index contributed by atoms with van der Waals surface area (Å²) in [4.78, 5) is 25.7. The van der Waals surface area contributed by atoms with Crippen molar-refractivity contribution in [3.63, 3.8) is 0 Å². The molecule has 2 aromatic rings. The minimum atomic E-state index is -0.860. The lowest BCUT2D eigenvalue weighted by atomic mass is 10.1. The van der Waals surface area contributed by atoms with E-state index in [4.69, 9.17) is 0 Å². The number of hydrogen-bond donors (Lipinski definition) is 2. The summed E-state index contributed by atoms with van der Waals surface area (Å²) >= 11 is 0. The Balaban J connectivity index is 1.94. The van der Waals surface area contributed by atoms with Crippen LogP contribution in [0.1, 0.15) is 22.0 Å². The average molecular weight is 287 g/mol. The number of rotatable bonds is 5. The largest absolute Gasteiger partial charge is 0.387 e. The minimum absolute atomic E-state index is 0.0293. The third-order valence-corrected chi connectivity index (χ3v) is 2.87. The fraction of sp³-hybridized carbons (Fsp3) is 0.143. The highest BCUT2D eigenvalue weighted by Gasteiger charge is 2.12. The number of carbonyl (C=O) groups excluding carboxylic acids is 1. The third kappa shape index (κ3) is 3.83. The second kappa shape index (κ2) is 6.58. The highest BCUT2D eigenvalue weighted by Crippen LogP contribution is 2.13. The normalized spacial score (nSPS) is 11.7. The molecule has 0 fully saturated rings. The van der Waals surface area contributed by atoms with E-state index in [2.05, 4.69) is 10.3 Å². The number of nitrogens with zero attached hydrogens (tertiary/aromatic N) is 2. The van der Waals surface area contributed by atoms with Gasteiger partial charge in [0.05, 0.1) is 11.0 Å². The zero-order valence-corrected chi connectivity index (χ0v) is 11.0. The molecule has 0 bridgehead atoms. The van der Waals surface area contributed by atoms with E-state index in [0.29, 0.717) is 11.1 Å². The summed E-state index contributed by atoms with van der Waals surface area (Å²) in [7, 11) is 0. The van der Waals surface area contributed by atoms with Gasteiger partial charge >= 0.3 is 0 Å². The molecule has 1 atom stereocenters. The van der Waals surface area contributed by atoms with Crippen molar-refractivity contribution in [1.29, 1.82) is 0 Å². The van der Waals surface area contributed by atoms with E-state index in [1.165, 1.54) is 30.5 Å². The van der Waals surface area contributed by atoms with Crippen molar-refractivity contribution in [3.8, 4) is 0 Å². The molecule has 0 radical (unpaired) electrons. The second-order valence-electron chi connectivity index (χ2n) is 4.32. The fourth-order valence-electron chi connectivity index (χ4n) is 1.72. The molecule has 0 aliphatic rings. The molecule has 0 saturated carbocycles. The van der Waals surface area contributed by atoms with Gasteiger partial charge in [-0.3, -0.25) is 19.9 Å². The number of nitro benzene ring substituents is 1. The van der Waals surface area contributed by atoms with Crippen LogP contribution >= 0.6 is 0 Å². The van der Waals surface area contributed by atoms with Gasteiger partial charge in [-0.05, 0) is 18.2 Å².